The average Bonchev–Trinajstić information content (AvgIpc) is 2.90. The Morgan fingerprint density at radius 3 is 2.55 bits per heavy atom. The van der Waals surface area contributed by atoms with Gasteiger partial charge in [0.1, 0.15) is 0 Å². The summed E-state index contributed by atoms with van der Waals surface area (Å²) in [5.41, 5.74) is 4.64. The van der Waals surface area contributed by atoms with Gasteiger partial charge in [-0.3, -0.25) is 0 Å². The summed E-state index contributed by atoms with van der Waals surface area (Å²) >= 11 is 0. The van der Waals surface area contributed by atoms with E-state index in [1.165, 1.54) is 22.2 Å². The zero-order valence-electron chi connectivity index (χ0n) is 12.8. The topological polar surface area (TPSA) is 34.4 Å². The lowest BCUT2D eigenvalue weighted by Gasteiger charge is -2.11. The van der Waals surface area contributed by atoms with Crippen molar-refractivity contribution < 1.29 is 9.84 Å². The highest BCUT2D eigenvalue weighted by molar-refractivity contribution is 5.82. The second-order valence-corrected chi connectivity index (χ2v) is 5.50. The summed E-state index contributed by atoms with van der Waals surface area (Å²) in [5.74, 6) is 0. The van der Waals surface area contributed by atoms with Crippen LogP contribution in [0.15, 0.2) is 54.6 Å². The van der Waals surface area contributed by atoms with E-state index in [0.29, 0.717) is 6.61 Å². The lowest BCUT2D eigenvalue weighted by molar-refractivity contribution is 0.200. The van der Waals surface area contributed by atoms with Gasteiger partial charge in [0.15, 0.2) is 0 Å². The number of aromatic nitrogens is 1. The standard InChI is InChI=1S/C19H21NO2/c1-22-10-9-18-12-17-8-7-16(14-21)11-19(17)20(18)13-15-5-3-2-4-6-15/h2-8,11-12,21H,9-10,13-14H2,1H3. The third kappa shape index (κ3) is 3.06. The molecule has 3 aromatic rings. The highest BCUT2D eigenvalue weighted by Gasteiger charge is 2.10. The van der Waals surface area contributed by atoms with Gasteiger partial charge in [-0.05, 0) is 28.6 Å². The van der Waals surface area contributed by atoms with Crippen LogP contribution in [0.2, 0.25) is 0 Å². The third-order valence-corrected chi connectivity index (χ3v) is 3.98. The molecule has 3 heteroatoms. The number of hydrogen-bond donors (Lipinski definition) is 1. The van der Waals surface area contributed by atoms with E-state index >= 15 is 0 Å². The maximum Gasteiger partial charge on any atom is 0.0682 e. The number of aliphatic hydroxyl groups is 1. The second-order valence-electron chi connectivity index (χ2n) is 5.50. The van der Waals surface area contributed by atoms with Gasteiger partial charge in [0, 0.05) is 31.3 Å². The molecule has 0 fully saturated rings. The fraction of sp³-hybridized carbons (Fsp3) is 0.263. The van der Waals surface area contributed by atoms with E-state index in [4.69, 9.17) is 4.74 Å². The van der Waals surface area contributed by atoms with Crippen LogP contribution < -0.4 is 0 Å². The van der Waals surface area contributed by atoms with Crippen molar-refractivity contribution in [2.24, 2.45) is 0 Å². The Balaban J connectivity index is 2.05. The predicted molar refractivity (Wildman–Crippen MR) is 89.0 cm³/mol. The number of aliphatic hydroxyl groups excluding tert-OH is 1. The molecular weight excluding hydrogens is 274 g/mol. The van der Waals surface area contributed by atoms with Crippen LogP contribution in [0, 0.1) is 0 Å². The van der Waals surface area contributed by atoms with Crippen LogP contribution in [0.25, 0.3) is 10.9 Å². The molecule has 1 heterocycles. The number of benzene rings is 2. The molecule has 0 amide bonds. The van der Waals surface area contributed by atoms with Crippen LogP contribution in [0.4, 0.5) is 0 Å². The molecule has 0 unspecified atom stereocenters. The molecule has 0 aliphatic carbocycles. The van der Waals surface area contributed by atoms with E-state index in [9.17, 15) is 5.11 Å². The first-order chi connectivity index (χ1) is 10.8. The summed E-state index contributed by atoms with van der Waals surface area (Å²) in [6.45, 7) is 1.61. The van der Waals surface area contributed by atoms with E-state index in [-0.39, 0.29) is 6.61 Å². The molecule has 22 heavy (non-hydrogen) atoms. The van der Waals surface area contributed by atoms with Crippen molar-refractivity contribution in [3.63, 3.8) is 0 Å². The number of hydrogen-bond acceptors (Lipinski definition) is 2. The number of fused-ring (bicyclic) bond motifs is 1. The molecule has 114 valence electrons. The van der Waals surface area contributed by atoms with Gasteiger partial charge in [-0.25, -0.2) is 0 Å². The molecule has 2 aromatic carbocycles. The van der Waals surface area contributed by atoms with Gasteiger partial charge >= 0.3 is 0 Å². The highest BCUT2D eigenvalue weighted by Crippen LogP contribution is 2.23. The van der Waals surface area contributed by atoms with Crippen molar-refractivity contribution in [2.45, 2.75) is 19.6 Å². The first-order valence-electron chi connectivity index (χ1n) is 7.56. The van der Waals surface area contributed by atoms with Gasteiger partial charge in [-0.1, -0.05) is 42.5 Å². The van der Waals surface area contributed by atoms with Gasteiger partial charge in [-0.15, -0.1) is 0 Å². The number of methoxy groups -OCH3 is 1. The van der Waals surface area contributed by atoms with Gasteiger partial charge < -0.3 is 14.4 Å². The molecule has 0 atom stereocenters. The Morgan fingerprint density at radius 2 is 1.82 bits per heavy atom. The first-order valence-corrected chi connectivity index (χ1v) is 7.56. The quantitative estimate of drug-likeness (QED) is 0.756. The normalized spacial score (nSPS) is 11.2. The summed E-state index contributed by atoms with van der Waals surface area (Å²) in [6, 6.07) is 18.8. The van der Waals surface area contributed by atoms with Crippen molar-refractivity contribution >= 4 is 10.9 Å². The van der Waals surface area contributed by atoms with Crippen LogP contribution in [0.1, 0.15) is 16.8 Å². The number of nitrogens with zero attached hydrogens (tertiary/aromatic N) is 1. The summed E-state index contributed by atoms with van der Waals surface area (Å²) in [4.78, 5) is 0. The SMILES string of the molecule is COCCc1cc2ccc(CO)cc2n1Cc1ccccc1. The average molecular weight is 295 g/mol. The van der Waals surface area contributed by atoms with Crippen LogP contribution >= 0.6 is 0 Å². The number of ether oxygens (including phenoxy) is 1. The Morgan fingerprint density at radius 1 is 1.00 bits per heavy atom. The van der Waals surface area contributed by atoms with Crippen molar-refractivity contribution in [3.8, 4) is 0 Å². The molecule has 0 aliphatic rings. The summed E-state index contributed by atoms with van der Waals surface area (Å²) in [5, 5.41) is 10.6. The number of rotatable bonds is 6. The van der Waals surface area contributed by atoms with E-state index in [2.05, 4.69) is 47.0 Å². The lowest BCUT2D eigenvalue weighted by atomic mass is 10.1. The summed E-state index contributed by atoms with van der Waals surface area (Å²) in [7, 11) is 1.73. The van der Waals surface area contributed by atoms with E-state index in [0.717, 1.165) is 18.5 Å². The third-order valence-electron chi connectivity index (χ3n) is 3.98. The van der Waals surface area contributed by atoms with Crippen LogP contribution in [-0.2, 0) is 24.3 Å². The molecule has 0 saturated heterocycles. The van der Waals surface area contributed by atoms with Crippen molar-refractivity contribution in [1.82, 2.24) is 4.57 Å². The van der Waals surface area contributed by atoms with Crippen LogP contribution in [0.3, 0.4) is 0 Å². The lowest BCUT2D eigenvalue weighted by Crippen LogP contribution is -2.06. The molecule has 3 rings (SSSR count). The highest BCUT2D eigenvalue weighted by atomic mass is 16.5. The molecule has 0 saturated carbocycles. The summed E-state index contributed by atoms with van der Waals surface area (Å²) < 4.78 is 7.56. The van der Waals surface area contributed by atoms with E-state index in [1.807, 2.05) is 12.1 Å². The smallest absolute Gasteiger partial charge is 0.0682 e. The maximum atomic E-state index is 9.40. The Kier molecular flexibility index (Phi) is 4.56. The fourth-order valence-corrected chi connectivity index (χ4v) is 2.82. The molecule has 1 N–H and O–H groups in total. The molecule has 3 nitrogen and oxygen atoms in total. The van der Waals surface area contributed by atoms with Gasteiger partial charge in [-0.2, -0.15) is 0 Å². The first kappa shape index (κ1) is 14.8. The minimum Gasteiger partial charge on any atom is -0.392 e. The maximum absolute atomic E-state index is 9.40. The van der Waals surface area contributed by atoms with Gasteiger partial charge in [0.05, 0.1) is 13.2 Å². The van der Waals surface area contributed by atoms with E-state index < -0.39 is 0 Å². The predicted octanol–water partition coefficient (Wildman–Crippen LogP) is 3.37. The largest absolute Gasteiger partial charge is 0.392 e. The molecule has 1 aromatic heterocycles. The molecule has 0 spiro atoms. The molecule has 0 bridgehead atoms. The zero-order valence-corrected chi connectivity index (χ0v) is 12.8. The fourth-order valence-electron chi connectivity index (χ4n) is 2.82. The van der Waals surface area contributed by atoms with Gasteiger partial charge in [0.2, 0.25) is 0 Å². The second kappa shape index (κ2) is 6.77. The summed E-state index contributed by atoms with van der Waals surface area (Å²) in [6.07, 6.45) is 0.881. The zero-order chi connectivity index (χ0) is 15.4. The Hall–Kier alpha value is -2.10. The Labute approximate surface area is 130 Å². The van der Waals surface area contributed by atoms with Crippen molar-refractivity contribution in [3.05, 3.63) is 71.4 Å². The molecule has 0 aliphatic heterocycles. The van der Waals surface area contributed by atoms with Crippen LogP contribution in [-0.4, -0.2) is 23.4 Å². The van der Waals surface area contributed by atoms with Crippen LogP contribution in [0.5, 0.6) is 0 Å². The Bertz CT molecular complexity index is 747. The van der Waals surface area contributed by atoms with Crippen molar-refractivity contribution in [1.29, 1.82) is 0 Å². The minimum atomic E-state index is 0.0693. The van der Waals surface area contributed by atoms with Crippen molar-refractivity contribution in [2.75, 3.05) is 13.7 Å². The minimum absolute atomic E-state index is 0.0693. The molecule has 0 radical (unpaired) electrons. The monoisotopic (exact) mass is 295 g/mol. The van der Waals surface area contributed by atoms with E-state index in [1.54, 1.807) is 7.11 Å². The van der Waals surface area contributed by atoms with Gasteiger partial charge in [0.25, 0.3) is 0 Å². The molecular formula is C19H21NO2.